The largest absolute Gasteiger partial charge is 0.466 e. The highest BCUT2D eigenvalue weighted by molar-refractivity contribution is 9.08. The molecule has 0 unspecified atom stereocenters. The minimum absolute atomic E-state index is 0.0342. The Hall–Kier alpha value is -1.55. The smallest absolute Gasteiger partial charge is 0.311 e. The van der Waals surface area contributed by atoms with Crippen molar-refractivity contribution in [1.29, 1.82) is 5.26 Å². The second-order valence-electron chi connectivity index (χ2n) is 3.55. The van der Waals surface area contributed by atoms with Crippen molar-refractivity contribution in [3.63, 3.8) is 0 Å². The molecular formula is C12H11BrF2N2O2. The normalized spacial score (nSPS) is 10.3. The predicted molar refractivity (Wildman–Crippen MR) is 66.9 cm³/mol. The standard InChI is InChI=1S/C12H11BrF2N2O2/c1-2-19-11(18)4-9-7(6-16)3-8(12(14)15)10(5-13)17-9/h3,12H,2,4-5H2,1H3. The third-order valence-electron chi connectivity index (χ3n) is 2.31. The van der Waals surface area contributed by atoms with Gasteiger partial charge in [0.1, 0.15) is 6.07 Å². The number of rotatable bonds is 5. The first-order valence-electron chi connectivity index (χ1n) is 5.46. The lowest BCUT2D eigenvalue weighted by atomic mass is 10.1. The summed E-state index contributed by atoms with van der Waals surface area (Å²) < 4.78 is 30.3. The number of carbonyl (C=O) groups excluding carboxylic acids is 1. The van der Waals surface area contributed by atoms with Crippen LogP contribution in [0.2, 0.25) is 0 Å². The molecule has 1 rings (SSSR count). The summed E-state index contributed by atoms with van der Waals surface area (Å²) in [5.41, 5.74) is -0.0674. The summed E-state index contributed by atoms with van der Waals surface area (Å²) in [6.45, 7) is 1.86. The monoisotopic (exact) mass is 332 g/mol. The van der Waals surface area contributed by atoms with Crippen molar-refractivity contribution in [2.45, 2.75) is 25.1 Å². The van der Waals surface area contributed by atoms with Crippen LogP contribution in [0.4, 0.5) is 8.78 Å². The molecule has 0 saturated carbocycles. The Morgan fingerprint density at radius 1 is 1.58 bits per heavy atom. The fraction of sp³-hybridized carbons (Fsp3) is 0.417. The van der Waals surface area contributed by atoms with Crippen molar-refractivity contribution in [3.8, 4) is 6.07 Å². The number of halogens is 3. The van der Waals surface area contributed by atoms with E-state index in [2.05, 4.69) is 20.9 Å². The van der Waals surface area contributed by atoms with E-state index in [4.69, 9.17) is 10.00 Å². The van der Waals surface area contributed by atoms with Crippen molar-refractivity contribution in [2.75, 3.05) is 6.61 Å². The molecule has 0 aromatic carbocycles. The zero-order valence-corrected chi connectivity index (χ0v) is 11.7. The maximum atomic E-state index is 12.8. The van der Waals surface area contributed by atoms with Crippen molar-refractivity contribution in [1.82, 2.24) is 4.98 Å². The highest BCUT2D eigenvalue weighted by atomic mass is 79.9. The van der Waals surface area contributed by atoms with Crippen LogP contribution in [0.3, 0.4) is 0 Å². The maximum absolute atomic E-state index is 12.8. The summed E-state index contributed by atoms with van der Waals surface area (Å²) in [6, 6.07) is 2.84. The van der Waals surface area contributed by atoms with Crippen LogP contribution in [-0.2, 0) is 21.3 Å². The first-order valence-corrected chi connectivity index (χ1v) is 6.58. The van der Waals surface area contributed by atoms with Crippen LogP contribution in [-0.4, -0.2) is 17.6 Å². The van der Waals surface area contributed by atoms with Gasteiger partial charge in [0.15, 0.2) is 0 Å². The second kappa shape index (κ2) is 7.14. The number of hydrogen-bond acceptors (Lipinski definition) is 4. The van der Waals surface area contributed by atoms with E-state index in [0.717, 1.165) is 6.07 Å². The van der Waals surface area contributed by atoms with E-state index in [1.165, 1.54) is 0 Å². The Bertz CT molecular complexity index is 515. The lowest BCUT2D eigenvalue weighted by molar-refractivity contribution is -0.142. The summed E-state index contributed by atoms with van der Waals surface area (Å²) >= 11 is 3.06. The molecule has 4 nitrogen and oxygen atoms in total. The van der Waals surface area contributed by atoms with E-state index in [1.807, 2.05) is 0 Å². The van der Waals surface area contributed by atoms with Crippen LogP contribution in [0.25, 0.3) is 0 Å². The van der Waals surface area contributed by atoms with Gasteiger partial charge in [0.2, 0.25) is 0 Å². The molecular weight excluding hydrogens is 322 g/mol. The Morgan fingerprint density at radius 2 is 2.26 bits per heavy atom. The summed E-state index contributed by atoms with van der Waals surface area (Å²) in [5, 5.41) is 9.05. The average molecular weight is 333 g/mol. The van der Waals surface area contributed by atoms with E-state index in [9.17, 15) is 13.6 Å². The van der Waals surface area contributed by atoms with Gasteiger partial charge in [-0.15, -0.1) is 0 Å². The maximum Gasteiger partial charge on any atom is 0.311 e. The first-order chi connectivity index (χ1) is 9.03. The molecule has 0 aliphatic carbocycles. The SMILES string of the molecule is CCOC(=O)Cc1nc(CBr)c(C(F)F)cc1C#N. The Morgan fingerprint density at radius 3 is 2.74 bits per heavy atom. The van der Waals surface area contributed by atoms with Crippen LogP contribution in [0.15, 0.2) is 6.07 Å². The average Bonchev–Trinajstić information content (AvgIpc) is 2.38. The third-order valence-corrected chi connectivity index (χ3v) is 2.84. The molecule has 0 aliphatic heterocycles. The molecule has 0 atom stereocenters. The minimum atomic E-state index is -2.72. The van der Waals surface area contributed by atoms with Gasteiger partial charge in [-0.05, 0) is 13.0 Å². The molecule has 1 aromatic heterocycles. The number of aromatic nitrogens is 1. The lowest BCUT2D eigenvalue weighted by Gasteiger charge is -2.10. The summed E-state index contributed by atoms with van der Waals surface area (Å²) in [5.74, 6) is -0.545. The molecule has 0 radical (unpaired) electrons. The van der Waals surface area contributed by atoms with Crippen molar-refractivity contribution >= 4 is 21.9 Å². The van der Waals surface area contributed by atoms with Crippen molar-refractivity contribution < 1.29 is 18.3 Å². The molecule has 0 spiro atoms. The van der Waals surface area contributed by atoms with Gasteiger partial charge in [-0.1, -0.05) is 15.9 Å². The number of esters is 1. The molecule has 102 valence electrons. The molecule has 19 heavy (non-hydrogen) atoms. The van der Waals surface area contributed by atoms with Gasteiger partial charge in [-0.2, -0.15) is 5.26 Å². The molecule has 0 fully saturated rings. The van der Waals surface area contributed by atoms with E-state index in [1.54, 1.807) is 13.0 Å². The molecule has 0 saturated heterocycles. The fourth-order valence-electron chi connectivity index (χ4n) is 1.49. The van der Waals surface area contributed by atoms with Gasteiger partial charge in [-0.25, -0.2) is 8.78 Å². The molecule has 0 N–H and O–H groups in total. The summed E-state index contributed by atoms with van der Waals surface area (Å²) in [6.07, 6.45) is -2.93. The van der Waals surface area contributed by atoms with Gasteiger partial charge in [-0.3, -0.25) is 9.78 Å². The Kier molecular flexibility index (Phi) is 5.83. The van der Waals surface area contributed by atoms with E-state index < -0.39 is 12.4 Å². The predicted octanol–water partition coefficient (Wildman–Crippen LogP) is 2.89. The fourth-order valence-corrected chi connectivity index (χ4v) is 1.94. The van der Waals surface area contributed by atoms with Crippen LogP contribution < -0.4 is 0 Å². The number of alkyl halides is 3. The van der Waals surface area contributed by atoms with Gasteiger partial charge < -0.3 is 4.74 Å². The van der Waals surface area contributed by atoms with E-state index >= 15 is 0 Å². The number of nitriles is 1. The zero-order valence-electron chi connectivity index (χ0n) is 10.1. The van der Waals surface area contributed by atoms with E-state index in [0.29, 0.717) is 0 Å². The molecule has 7 heteroatoms. The van der Waals surface area contributed by atoms with Gasteiger partial charge in [0, 0.05) is 10.9 Å². The second-order valence-corrected chi connectivity index (χ2v) is 4.11. The number of hydrogen-bond donors (Lipinski definition) is 0. The molecule has 0 aliphatic rings. The number of ether oxygens (including phenoxy) is 1. The third kappa shape index (κ3) is 3.96. The van der Waals surface area contributed by atoms with Gasteiger partial charge in [0.25, 0.3) is 6.43 Å². The number of carbonyl (C=O) groups is 1. The van der Waals surface area contributed by atoms with Crippen LogP contribution in [0.1, 0.15) is 35.9 Å². The van der Waals surface area contributed by atoms with Crippen molar-refractivity contribution in [2.24, 2.45) is 0 Å². The molecule has 1 heterocycles. The summed E-state index contributed by atoms with van der Waals surface area (Å²) in [4.78, 5) is 15.3. The van der Waals surface area contributed by atoms with Crippen LogP contribution >= 0.6 is 15.9 Å². The molecule has 1 aromatic rings. The summed E-state index contributed by atoms with van der Waals surface area (Å²) in [7, 11) is 0. The highest BCUT2D eigenvalue weighted by Gasteiger charge is 2.19. The minimum Gasteiger partial charge on any atom is -0.466 e. The van der Waals surface area contributed by atoms with Crippen LogP contribution in [0.5, 0.6) is 0 Å². The van der Waals surface area contributed by atoms with Gasteiger partial charge in [0.05, 0.1) is 30.0 Å². The van der Waals surface area contributed by atoms with Crippen LogP contribution in [0, 0.1) is 11.3 Å². The zero-order chi connectivity index (χ0) is 14.4. The van der Waals surface area contributed by atoms with Gasteiger partial charge >= 0.3 is 5.97 Å². The van der Waals surface area contributed by atoms with Crippen molar-refractivity contribution in [3.05, 3.63) is 28.6 Å². The molecule has 0 bridgehead atoms. The Balaban J connectivity index is 3.18. The lowest BCUT2D eigenvalue weighted by Crippen LogP contribution is -2.12. The van der Waals surface area contributed by atoms with E-state index in [-0.39, 0.29) is 40.9 Å². The first kappa shape index (κ1) is 15.5. The topological polar surface area (TPSA) is 63.0 Å². The molecule has 0 amide bonds. The number of nitrogens with zero attached hydrogens (tertiary/aromatic N) is 2. The Labute approximate surface area is 117 Å². The quantitative estimate of drug-likeness (QED) is 0.614. The highest BCUT2D eigenvalue weighted by Crippen LogP contribution is 2.26. The number of pyridine rings is 1.